The predicted octanol–water partition coefficient (Wildman–Crippen LogP) is 14.1. The summed E-state index contributed by atoms with van der Waals surface area (Å²) in [5, 5.41) is 7.26. The monoisotopic (exact) mass is 738 g/mol. The van der Waals surface area contributed by atoms with E-state index in [-0.39, 0.29) is 0 Å². The molecule has 9 aromatic carbocycles. The van der Waals surface area contributed by atoms with Crippen molar-refractivity contribution < 1.29 is 4.42 Å². The van der Waals surface area contributed by atoms with Gasteiger partial charge < -0.3 is 13.6 Å². The summed E-state index contributed by atoms with van der Waals surface area (Å²) in [7, 11) is 0. The van der Waals surface area contributed by atoms with E-state index in [4.69, 9.17) is 4.42 Å². The minimum Gasteiger partial charge on any atom is -0.456 e. The predicted molar refractivity (Wildman–Crippen MR) is 240 cm³/mol. The van der Waals surface area contributed by atoms with Gasteiger partial charge in [0.15, 0.2) is 0 Å². The number of para-hydroxylation sites is 4. The number of hydrogen-bond donors (Lipinski definition) is 0. The summed E-state index contributed by atoms with van der Waals surface area (Å²) in [5.74, 6) is 0. The molecule has 0 fully saturated rings. The lowest BCUT2D eigenvalue weighted by atomic mass is 9.67. The van der Waals surface area contributed by atoms with Crippen LogP contribution in [0.3, 0.4) is 0 Å². The van der Waals surface area contributed by atoms with Gasteiger partial charge >= 0.3 is 0 Å². The summed E-state index contributed by atoms with van der Waals surface area (Å²) in [6.07, 6.45) is 0. The van der Waals surface area contributed by atoms with Gasteiger partial charge in [0.2, 0.25) is 0 Å². The molecule has 0 saturated carbocycles. The first-order valence-electron chi connectivity index (χ1n) is 20.0. The molecule has 0 radical (unpaired) electrons. The molecule has 270 valence electrons. The second-order valence-electron chi connectivity index (χ2n) is 15.6. The summed E-state index contributed by atoms with van der Waals surface area (Å²) < 4.78 is 11.3. The largest absolute Gasteiger partial charge is 0.456 e. The van der Waals surface area contributed by atoms with Gasteiger partial charge in [-0.25, -0.2) is 0 Å². The fraction of sp³-hybridized carbons (Fsp3) is 0.0182. The number of furan rings is 1. The van der Waals surface area contributed by atoms with Crippen LogP contribution in [0, 0.1) is 0 Å². The first kappa shape index (κ1) is 31.6. The van der Waals surface area contributed by atoms with E-state index in [0.717, 1.165) is 38.8 Å². The zero-order valence-electron chi connectivity index (χ0n) is 31.4. The Morgan fingerprint density at radius 2 is 0.793 bits per heavy atom. The van der Waals surface area contributed by atoms with Crippen LogP contribution in [0.4, 0.5) is 0 Å². The molecule has 0 atom stereocenters. The van der Waals surface area contributed by atoms with Gasteiger partial charge in [0.1, 0.15) is 11.2 Å². The Balaban J connectivity index is 1.13. The lowest BCUT2D eigenvalue weighted by Gasteiger charge is -2.34. The molecule has 1 aliphatic carbocycles. The Morgan fingerprint density at radius 3 is 1.38 bits per heavy atom. The molecule has 13 rings (SSSR count). The SMILES string of the molecule is c1ccc(C2(c3ccccc3)c3cc(-n4c5ccccc5c5ccccc54)ccc3-c3ccc(-n4c5ccccc5c5c6c(ccc54)oc4ccccc46)cc32)cc1. The molecular weight excluding hydrogens is 705 g/mol. The number of benzene rings is 9. The summed E-state index contributed by atoms with van der Waals surface area (Å²) in [6, 6.07) is 75.7. The van der Waals surface area contributed by atoms with E-state index in [0.29, 0.717) is 0 Å². The quantitative estimate of drug-likeness (QED) is 0.176. The maximum Gasteiger partial charge on any atom is 0.136 e. The van der Waals surface area contributed by atoms with Gasteiger partial charge in [-0.15, -0.1) is 0 Å². The highest BCUT2D eigenvalue weighted by atomic mass is 16.3. The first-order valence-corrected chi connectivity index (χ1v) is 20.0. The Morgan fingerprint density at radius 1 is 0.328 bits per heavy atom. The smallest absolute Gasteiger partial charge is 0.136 e. The minimum atomic E-state index is -0.593. The number of fused-ring (bicyclic) bond motifs is 13. The number of aromatic nitrogens is 2. The highest BCUT2D eigenvalue weighted by Gasteiger charge is 2.46. The normalized spacial score (nSPS) is 13.3. The van der Waals surface area contributed by atoms with E-state index in [1.165, 1.54) is 71.5 Å². The number of rotatable bonds is 4. The van der Waals surface area contributed by atoms with Gasteiger partial charge in [-0.2, -0.15) is 0 Å². The van der Waals surface area contributed by atoms with E-state index >= 15 is 0 Å². The lowest BCUT2D eigenvalue weighted by molar-refractivity contribution is 0.669. The lowest BCUT2D eigenvalue weighted by Crippen LogP contribution is -2.28. The molecule has 0 N–H and O–H groups in total. The van der Waals surface area contributed by atoms with Crippen LogP contribution < -0.4 is 0 Å². The molecule has 1 aliphatic rings. The minimum absolute atomic E-state index is 0.593. The molecule has 0 aliphatic heterocycles. The zero-order chi connectivity index (χ0) is 38.0. The second-order valence-corrected chi connectivity index (χ2v) is 15.6. The molecular formula is C55H34N2O. The molecule has 3 nitrogen and oxygen atoms in total. The molecule has 0 spiro atoms. The van der Waals surface area contributed by atoms with Gasteiger partial charge in [-0.1, -0.05) is 146 Å². The van der Waals surface area contributed by atoms with Crippen molar-refractivity contribution >= 4 is 65.6 Å². The van der Waals surface area contributed by atoms with Crippen molar-refractivity contribution in [2.24, 2.45) is 0 Å². The molecule has 0 bridgehead atoms. The Labute approximate surface area is 334 Å². The first-order chi connectivity index (χ1) is 28.8. The Bertz CT molecular complexity index is 3530. The summed E-state index contributed by atoms with van der Waals surface area (Å²) in [6.45, 7) is 0. The molecule has 12 aromatic rings. The third kappa shape index (κ3) is 4.07. The fourth-order valence-electron chi connectivity index (χ4n) is 10.5. The number of hydrogen-bond acceptors (Lipinski definition) is 1. The van der Waals surface area contributed by atoms with E-state index < -0.39 is 5.41 Å². The maximum atomic E-state index is 6.42. The molecule has 3 heterocycles. The van der Waals surface area contributed by atoms with Crippen LogP contribution in [0.15, 0.2) is 211 Å². The van der Waals surface area contributed by atoms with E-state index in [2.05, 4.69) is 209 Å². The fourth-order valence-corrected chi connectivity index (χ4v) is 10.5. The molecule has 0 saturated heterocycles. The van der Waals surface area contributed by atoms with Crippen LogP contribution >= 0.6 is 0 Å². The topological polar surface area (TPSA) is 23.0 Å². The van der Waals surface area contributed by atoms with Crippen molar-refractivity contribution in [3.63, 3.8) is 0 Å². The van der Waals surface area contributed by atoms with Crippen molar-refractivity contribution in [3.05, 3.63) is 229 Å². The van der Waals surface area contributed by atoms with Gasteiger partial charge in [-0.05, 0) is 94.0 Å². The van der Waals surface area contributed by atoms with Gasteiger partial charge in [0.25, 0.3) is 0 Å². The van der Waals surface area contributed by atoms with Crippen molar-refractivity contribution in [2.75, 3.05) is 0 Å². The van der Waals surface area contributed by atoms with E-state index in [9.17, 15) is 0 Å². The average Bonchev–Trinajstić information content (AvgIpc) is 4.02. The van der Waals surface area contributed by atoms with Crippen molar-refractivity contribution in [2.45, 2.75) is 5.41 Å². The average molecular weight is 739 g/mol. The molecule has 3 heteroatoms. The third-order valence-electron chi connectivity index (χ3n) is 12.8. The zero-order valence-corrected chi connectivity index (χ0v) is 31.4. The van der Waals surface area contributed by atoms with Gasteiger partial charge in [0.05, 0.1) is 27.5 Å². The molecule has 0 amide bonds. The van der Waals surface area contributed by atoms with Crippen LogP contribution in [0.25, 0.3) is 88.1 Å². The van der Waals surface area contributed by atoms with E-state index in [1.54, 1.807) is 0 Å². The molecule has 3 aromatic heterocycles. The Kier molecular flexibility index (Phi) is 6.37. The van der Waals surface area contributed by atoms with Crippen LogP contribution in [0.1, 0.15) is 22.3 Å². The van der Waals surface area contributed by atoms with Crippen LogP contribution in [-0.4, -0.2) is 9.13 Å². The second kappa shape index (κ2) is 11.7. The summed E-state index contributed by atoms with van der Waals surface area (Å²) in [5.41, 5.74) is 15.8. The van der Waals surface area contributed by atoms with Crippen LogP contribution in [0.5, 0.6) is 0 Å². The Hall–Kier alpha value is -7.62. The standard InChI is InChI=1S/C55H34N2O/c1-3-15-35(16-4-1)55(36-17-5-2-6-18-36)45-33-37(56-47-23-11-7-19-41(47)42-20-8-12-24-48(42)56)27-29-39(45)40-30-28-38(34-46(40)55)57-49-25-13-9-21-43(49)53-50(57)31-32-52-54(53)44-22-10-14-26-51(44)58-52/h1-34H. The molecule has 58 heavy (non-hydrogen) atoms. The van der Waals surface area contributed by atoms with E-state index in [1.807, 2.05) is 6.07 Å². The van der Waals surface area contributed by atoms with Crippen molar-refractivity contribution in [1.29, 1.82) is 0 Å². The highest BCUT2D eigenvalue weighted by Crippen LogP contribution is 2.57. The van der Waals surface area contributed by atoms with Crippen molar-refractivity contribution in [1.82, 2.24) is 9.13 Å². The van der Waals surface area contributed by atoms with Gasteiger partial charge in [-0.3, -0.25) is 0 Å². The summed E-state index contributed by atoms with van der Waals surface area (Å²) in [4.78, 5) is 0. The molecule has 0 unspecified atom stereocenters. The number of nitrogens with zero attached hydrogens (tertiary/aromatic N) is 2. The van der Waals surface area contributed by atoms with Crippen molar-refractivity contribution in [3.8, 4) is 22.5 Å². The summed E-state index contributed by atoms with van der Waals surface area (Å²) >= 11 is 0. The van der Waals surface area contributed by atoms with Crippen LogP contribution in [-0.2, 0) is 5.41 Å². The van der Waals surface area contributed by atoms with Crippen LogP contribution in [0.2, 0.25) is 0 Å². The maximum absolute atomic E-state index is 6.42. The van der Waals surface area contributed by atoms with Gasteiger partial charge in [0, 0.05) is 43.7 Å². The third-order valence-corrected chi connectivity index (χ3v) is 12.8. The highest BCUT2D eigenvalue weighted by molar-refractivity contribution is 6.27.